The maximum absolute atomic E-state index is 11.9. The van der Waals surface area contributed by atoms with Gasteiger partial charge in [0.15, 0.2) is 0 Å². The highest BCUT2D eigenvalue weighted by Gasteiger charge is 2.09. The van der Waals surface area contributed by atoms with Gasteiger partial charge in [-0.3, -0.25) is 4.79 Å². The molecular weight excluding hydrogens is 296 g/mol. The first-order valence-corrected chi connectivity index (χ1v) is 6.06. The van der Waals surface area contributed by atoms with Gasteiger partial charge in [0, 0.05) is 16.9 Å². The summed E-state index contributed by atoms with van der Waals surface area (Å²) in [5, 5.41) is 3.38. The summed E-state index contributed by atoms with van der Waals surface area (Å²) in [6.07, 6.45) is 0. The molecule has 0 bridgehead atoms. The smallest absolute Gasteiger partial charge is 0.387 e. The van der Waals surface area contributed by atoms with Crippen molar-refractivity contribution in [1.29, 1.82) is 0 Å². The van der Waals surface area contributed by atoms with E-state index in [1.807, 2.05) is 6.92 Å². The minimum atomic E-state index is -2.86. The third-order valence-corrected chi connectivity index (χ3v) is 2.92. The van der Waals surface area contributed by atoms with Gasteiger partial charge in [-0.25, -0.2) is 0 Å². The highest BCUT2D eigenvalue weighted by molar-refractivity contribution is 9.09. The van der Waals surface area contributed by atoms with Gasteiger partial charge < -0.3 is 10.1 Å². The van der Waals surface area contributed by atoms with E-state index < -0.39 is 6.61 Å². The van der Waals surface area contributed by atoms with Gasteiger partial charge in [0.2, 0.25) is 0 Å². The molecule has 1 N–H and O–H groups in total. The summed E-state index contributed by atoms with van der Waals surface area (Å²) in [7, 11) is 0. The van der Waals surface area contributed by atoms with Crippen LogP contribution in [0.1, 0.15) is 17.3 Å². The fourth-order valence-electron chi connectivity index (χ4n) is 1.13. The van der Waals surface area contributed by atoms with E-state index in [0.717, 1.165) is 0 Å². The molecule has 0 fully saturated rings. The first-order valence-electron chi connectivity index (χ1n) is 4.94. The van der Waals surface area contributed by atoms with Gasteiger partial charge in [0.25, 0.3) is 5.91 Å². The Labute approximate surface area is 106 Å². The minimum Gasteiger partial charge on any atom is -0.435 e. The number of carbonyl (C=O) groups excluding carboxylic acids is 1. The van der Waals surface area contributed by atoms with Crippen LogP contribution in [-0.2, 0) is 0 Å². The van der Waals surface area contributed by atoms with Crippen LogP contribution < -0.4 is 10.1 Å². The maximum Gasteiger partial charge on any atom is 0.387 e. The molecule has 3 nitrogen and oxygen atoms in total. The lowest BCUT2D eigenvalue weighted by atomic mass is 10.2. The van der Waals surface area contributed by atoms with E-state index in [9.17, 15) is 13.6 Å². The number of alkyl halides is 3. The van der Waals surface area contributed by atoms with Crippen molar-refractivity contribution in [1.82, 2.24) is 5.32 Å². The highest BCUT2D eigenvalue weighted by atomic mass is 79.9. The summed E-state index contributed by atoms with van der Waals surface area (Å²) in [5.74, 6) is -0.217. The lowest BCUT2D eigenvalue weighted by molar-refractivity contribution is -0.0498. The summed E-state index contributed by atoms with van der Waals surface area (Å²) in [6, 6.07) is 5.54. The number of hydrogen-bond acceptors (Lipinski definition) is 2. The van der Waals surface area contributed by atoms with Gasteiger partial charge in [0.05, 0.1) is 0 Å². The topological polar surface area (TPSA) is 38.3 Å². The molecule has 0 heterocycles. The molecule has 17 heavy (non-hydrogen) atoms. The Hall–Kier alpha value is -1.17. The second-order valence-corrected chi connectivity index (χ2v) is 4.08. The maximum atomic E-state index is 11.9. The zero-order chi connectivity index (χ0) is 12.8. The van der Waals surface area contributed by atoms with Crippen molar-refractivity contribution in [3.05, 3.63) is 29.8 Å². The average Bonchev–Trinajstić information content (AvgIpc) is 2.28. The van der Waals surface area contributed by atoms with Crippen molar-refractivity contribution in [2.24, 2.45) is 0 Å². The van der Waals surface area contributed by atoms with Crippen LogP contribution in [0.3, 0.4) is 0 Å². The van der Waals surface area contributed by atoms with Gasteiger partial charge in [-0.1, -0.05) is 15.9 Å². The Morgan fingerprint density at radius 2 is 2.00 bits per heavy atom. The minimum absolute atomic E-state index is 0.000472. The molecule has 1 unspecified atom stereocenters. The third kappa shape index (κ3) is 4.68. The molecular formula is C11H12BrF2NO2. The lowest BCUT2D eigenvalue weighted by Crippen LogP contribution is -2.33. The van der Waals surface area contributed by atoms with Crippen LogP contribution >= 0.6 is 15.9 Å². The number of nitrogens with one attached hydrogen (secondary N) is 1. The van der Waals surface area contributed by atoms with E-state index in [2.05, 4.69) is 26.0 Å². The quantitative estimate of drug-likeness (QED) is 0.850. The van der Waals surface area contributed by atoms with Crippen molar-refractivity contribution in [2.45, 2.75) is 19.6 Å². The third-order valence-electron chi connectivity index (χ3n) is 1.95. The normalized spacial score (nSPS) is 12.3. The lowest BCUT2D eigenvalue weighted by Gasteiger charge is -2.11. The van der Waals surface area contributed by atoms with E-state index in [0.29, 0.717) is 10.9 Å². The predicted octanol–water partition coefficient (Wildman–Crippen LogP) is 2.80. The molecule has 0 aliphatic heterocycles. The Bertz CT molecular complexity index is 370. The van der Waals surface area contributed by atoms with Crippen LogP contribution in [0.4, 0.5) is 8.78 Å². The van der Waals surface area contributed by atoms with Crippen LogP contribution in [0.25, 0.3) is 0 Å². The van der Waals surface area contributed by atoms with E-state index in [1.54, 1.807) is 0 Å². The molecule has 0 aliphatic rings. The molecule has 0 aromatic heterocycles. The number of halogens is 3. The summed E-state index contributed by atoms with van der Waals surface area (Å²) >= 11 is 3.24. The number of carbonyl (C=O) groups is 1. The molecule has 1 atom stereocenters. The molecule has 94 valence electrons. The number of hydrogen-bond donors (Lipinski definition) is 1. The summed E-state index contributed by atoms with van der Waals surface area (Å²) in [4.78, 5) is 11.6. The molecule has 0 saturated heterocycles. The number of amides is 1. The second kappa shape index (κ2) is 6.54. The van der Waals surface area contributed by atoms with Gasteiger partial charge in [-0.15, -0.1) is 0 Å². The summed E-state index contributed by atoms with van der Waals surface area (Å²) in [6.45, 7) is -1.01. The SMILES string of the molecule is CC(CBr)NC(=O)c1ccc(OC(F)F)cc1. The standard InChI is InChI=1S/C11H12BrF2NO2/c1-7(6-12)15-10(16)8-2-4-9(5-3-8)17-11(13)14/h2-5,7,11H,6H2,1H3,(H,15,16). The fourth-order valence-corrected chi connectivity index (χ4v) is 1.30. The van der Waals surface area contributed by atoms with E-state index in [4.69, 9.17) is 0 Å². The van der Waals surface area contributed by atoms with Crippen LogP contribution in [-0.4, -0.2) is 23.9 Å². The number of rotatable bonds is 5. The molecule has 1 rings (SSSR count). The molecule has 0 radical (unpaired) electrons. The monoisotopic (exact) mass is 307 g/mol. The molecule has 0 saturated carbocycles. The van der Waals surface area contributed by atoms with Crippen molar-refractivity contribution >= 4 is 21.8 Å². The van der Waals surface area contributed by atoms with E-state index in [1.165, 1.54) is 24.3 Å². The molecule has 1 aromatic rings. The molecule has 1 aromatic carbocycles. The first-order chi connectivity index (χ1) is 8.02. The Morgan fingerprint density at radius 1 is 1.41 bits per heavy atom. The molecule has 0 spiro atoms. The average molecular weight is 308 g/mol. The predicted molar refractivity (Wildman–Crippen MR) is 63.8 cm³/mol. The van der Waals surface area contributed by atoms with Crippen LogP contribution in [0.2, 0.25) is 0 Å². The van der Waals surface area contributed by atoms with Crippen molar-refractivity contribution < 1.29 is 18.3 Å². The molecule has 6 heteroatoms. The Balaban J connectivity index is 2.64. The van der Waals surface area contributed by atoms with Gasteiger partial charge in [-0.05, 0) is 31.2 Å². The van der Waals surface area contributed by atoms with Crippen LogP contribution in [0.5, 0.6) is 5.75 Å². The largest absolute Gasteiger partial charge is 0.435 e. The zero-order valence-electron chi connectivity index (χ0n) is 9.12. The summed E-state index contributed by atoms with van der Waals surface area (Å²) in [5.41, 5.74) is 0.402. The Kier molecular flexibility index (Phi) is 5.34. The van der Waals surface area contributed by atoms with Gasteiger partial charge in [-0.2, -0.15) is 8.78 Å². The zero-order valence-corrected chi connectivity index (χ0v) is 10.7. The van der Waals surface area contributed by atoms with E-state index >= 15 is 0 Å². The first kappa shape index (κ1) is 13.9. The summed E-state index contributed by atoms with van der Waals surface area (Å²) < 4.78 is 28.0. The fraction of sp³-hybridized carbons (Fsp3) is 0.364. The van der Waals surface area contributed by atoms with Crippen molar-refractivity contribution in [3.63, 3.8) is 0 Å². The molecule has 1 amide bonds. The number of ether oxygens (including phenoxy) is 1. The Morgan fingerprint density at radius 3 is 2.47 bits per heavy atom. The van der Waals surface area contributed by atoms with Crippen LogP contribution in [0, 0.1) is 0 Å². The van der Waals surface area contributed by atoms with Crippen molar-refractivity contribution in [2.75, 3.05) is 5.33 Å². The van der Waals surface area contributed by atoms with E-state index in [-0.39, 0.29) is 17.7 Å². The highest BCUT2D eigenvalue weighted by Crippen LogP contribution is 2.14. The molecule has 0 aliphatic carbocycles. The second-order valence-electron chi connectivity index (χ2n) is 3.43. The van der Waals surface area contributed by atoms with Gasteiger partial charge in [0.1, 0.15) is 5.75 Å². The van der Waals surface area contributed by atoms with Crippen LogP contribution in [0.15, 0.2) is 24.3 Å². The van der Waals surface area contributed by atoms with Gasteiger partial charge >= 0.3 is 6.61 Å². The number of benzene rings is 1. The van der Waals surface area contributed by atoms with Crippen molar-refractivity contribution in [3.8, 4) is 5.75 Å².